The summed E-state index contributed by atoms with van der Waals surface area (Å²) in [5.74, 6) is -3.11. The quantitative estimate of drug-likeness (QED) is 0.158. The van der Waals surface area contributed by atoms with E-state index in [4.69, 9.17) is 14.7 Å². The monoisotopic (exact) mass is 574 g/mol. The molecule has 1 aliphatic rings. The number of nitrogens with one attached hydrogen (secondary N) is 1. The van der Waals surface area contributed by atoms with Gasteiger partial charge >= 0.3 is 11.9 Å². The van der Waals surface area contributed by atoms with Gasteiger partial charge in [0.2, 0.25) is 0 Å². The molecule has 216 valence electrons. The number of aliphatic carboxylic acids is 2. The van der Waals surface area contributed by atoms with E-state index in [0.29, 0.717) is 29.1 Å². The summed E-state index contributed by atoms with van der Waals surface area (Å²) in [6, 6.07) is 17.3. The molecule has 5 rings (SSSR count). The number of rotatable bonds is 11. The number of carbonyl (C=O) groups is 2. The minimum Gasteiger partial charge on any atom is -0.479 e. The Labute approximate surface area is 238 Å². The summed E-state index contributed by atoms with van der Waals surface area (Å²) < 4.78 is 12.7. The lowest BCUT2D eigenvalue weighted by molar-refractivity contribution is -0.189. The number of ether oxygens (including phenoxy) is 2. The van der Waals surface area contributed by atoms with Crippen LogP contribution < -0.4 is 5.32 Å². The topological polar surface area (TPSA) is 212 Å². The predicted molar refractivity (Wildman–Crippen MR) is 143 cm³/mol. The fourth-order valence-corrected chi connectivity index (χ4v) is 4.69. The van der Waals surface area contributed by atoms with Crippen molar-refractivity contribution in [2.24, 2.45) is 0 Å². The number of hydrogen-bond donors (Lipinski definition) is 5. The lowest BCUT2D eigenvalue weighted by Crippen LogP contribution is -2.52. The number of aliphatic hydroxyl groups excluding tert-OH is 2. The van der Waals surface area contributed by atoms with E-state index in [1.54, 1.807) is 0 Å². The molecule has 14 nitrogen and oxygen atoms in total. The normalized spacial score (nSPS) is 20.3. The van der Waals surface area contributed by atoms with Crippen molar-refractivity contribution in [1.82, 2.24) is 19.6 Å². The molecule has 2 aromatic carbocycles. The second-order valence-electron chi connectivity index (χ2n) is 9.68. The molecule has 0 aliphatic carbocycles. The van der Waals surface area contributed by atoms with Gasteiger partial charge in [0.05, 0.1) is 30.1 Å². The first-order chi connectivity index (χ1) is 20.2. The third-order valence-corrected chi connectivity index (χ3v) is 7.01. The van der Waals surface area contributed by atoms with E-state index < -0.39 is 55.0 Å². The molecule has 0 saturated carbocycles. The SMILES string of the molecule is N#Cc1ccc(CC(OC[C@H]2OC(c3cnc4c(NCc5ccccc5)ncnn34)[C@H](O)[C@@H]2O)(C(=O)O)C(=O)O)cc1. The number of fused-ring (bicyclic) bond motifs is 1. The molecule has 14 heteroatoms. The van der Waals surface area contributed by atoms with Gasteiger partial charge in [0, 0.05) is 13.0 Å². The fraction of sp³-hybridized carbons (Fsp3) is 0.286. The Morgan fingerprint density at radius 3 is 2.40 bits per heavy atom. The Balaban J connectivity index is 1.33. The molecule has 1 saturated heterocycles. The minimum atomic E-state index is -2.73. The van der Waals surface area contributed by atoms with Crippen molar-refractivity contribution in [2.45, 2.75) is 43.0 Å². The number of anilines is 1. The van der Waals surface area contributed by atoms with Crippen LogP contribution in [0.3, 0.4) is 0 Å². The summed E-state index contributed by atoms with van der Waals surface area (Å²) in [4.78, 5) is 32.9. The third-order valence-electron chi connectivity index (χ3n) is 7.01. The van der Waals surface area contributed by atoms with Crippen molar-refractivity contribution in [3.05, 3.63) is 89.5 Å². The number of nitrogens with zero attached hydrogens (tertiary/aromatic N) is 5. The first-order valence-electron chi connectivity index (χ1n) is 12.8. The van der Waals surface area contributed by atoms with Crippen LogP contribution in [0, 0.1) is 11.3 Å². The molecule has 0 amide bonds. The van der Waals surface area contributed by atoms with Gasteiger partial charge in [0.1, 0.15) is 30.7 Å². The van der Waals surface area contributed by atoms with Crippen LogP contribution in [0.1, 0.15) is 28.5 Å². The van der Waals surface area contributed by atoms with E-state index in [2.05, 4.69) is 20.4 Å². The van der Waals surface area contributed by atoms with E-state index in [1.165, 1.54) is 41.3 Å². The molecule has 5 N–H and O–H groups in total. The van der Waals surface area contributed by atoms with Crippen LogP contribution in [0.2, 0.25) is 0 Å². The highest BCUT2D eigenvalue weighted by atomic mass is 16.6. The Hall–Kier alpha value is -4.94. The van der Waals surface area contributed by atoms with E-state index >= 15 is 0 Å². The summed E-state index contributed by atoms with van der Waals surface area (Å²) in [7, 11) is 0. The smallest absolute Gasteiger partial charge is 0.348 e. The number of aromatic nitrogens is 4. The molecule has 4 atom stereocenters. The maximum Gasteiger partial charge on any atom is 0.348 e. The Morgan fingerprint density at radius 2 is 1.74 bits per heavy atom. The van der Waals surface area contributed by atoms with Crippen LogP contribution in [0.5, 0.6) is 0 Å². The number of hydrogen-bond acceptors (Lipinski definition) is 11. The van der Waals surface area contributed by atoms with Gasteiger partial charge in [0.25, 0.3) is 5.60 Å². The van der Waals surface area contributed by atoms with E-state index in [-0.39, 0.29) is 5.69 Å². The standard InChI is InChI=1S/C28H26N6O8/c29-11-17-8-6-16(7-9-17)10-28(26(37)38,27(39)40)41-14-20-21(35)22(36)23(42-20)19-13-31-25-24(32-15-33-34(19)25)30-12-18-4-2-1-3-5-18/h1-9,13,15,20-23,35-36H,10,12,14H2,(H,37,38)(H,39,40)(H,30,32,33)/t20-,21-,22-,23?/m1/s1. The number of carboxylic acids is 2. The van der Waals surface area contributed by atoms with Crippen LogP contribution in [0.15, 0.2) is 67.1 Å². The summed E-state index contributed by atoms with van der Waals surface area (Å²) in [6.07, 6.45) is -3.34. The number of imidazole rings is 1. The Morgan fingerprint density at radius 1 is 1.02 bits per heavy atom. The van der Waals surface area contributed by atoms with Crippen molar-refractivity contribution in [2.75, 3.05) is 11.9 Å². The maximum atomic E-state index is 12.2. The van der Waals surface area contributed by atoms with Crippen LogP contribution in [-0.2, 0) is 32.0 Å². The highest BCUT2D eigenvalue weighted by Gasteiger charge is 2.51. The van der Waals surface area contributed by atoms with Crippen molar-refractivity contribution < 1.29 is 39.5 Å². The van der Waals surface area contributed by atoms with E-state index in [1.807, 2.05) is 36.4 Å². The molecule has 2 aromatic heterocycles. The molecule has 0 bridgehead atoms. The predicted octanol–water partition coefficient (Wildman–Crippen LogP) is 0.937. The molecule has 42 heavy (non-hydrogen) atoms. The van der Waals surface area contributed by atoms with Gasteiger partial charge < -0.3 is 35.2 Å². The minimum absolute atomic E-state index is 0.282. The molecule has 0 spiro atoms. The van der Waals surface area contributed by atoms with E-state index in [9.17, 15) is 30.0 Å². The van der Waals surface area contributed by atoms with Crippen LogP contribution in [0.4, 0.5) is 5.82 Å². The zero-order valence-electron chi connectivity index (χ0n) is 21.9. The highest BCUT2D eigenvalue weighted by Crippen LogP contribution is 2.35. The average molecular weight is 575 g/mol. The van der Waals surface area contributed by atoms with Crippen LogP contribution in [-0.4, -0.2) is 82.5 Å². The number of carboxylic acid groups (broad SMARTS) is 2. The molecular formula is C28H26N6O8. The first-order valence-corrected chi connectivity index (χ1v) is 12.8. The summed E-state index contributed by atoms with van der Waals surface area (Å²) in [6.45, 7) is -0.201. The van der Waals surface area contributed by atoms with Crippen molar-refractivity contribution >= 4 is 23.4 Å². The van der Waals surface area contributed by atoms with E-state index in [0.717, 1.165) is 5.56 Å². The molecule has 1 unspecified atom stereocenters. The lowest BCUT2D eigenvalue weighted by atomic mass is 9.93. The third kappa shape index (κ3) is 5.49. The summed E-state index contributed by atoms with van der Waals surface area (Å²) >= 11 is 0. The second kappa shape index (κ2) is 11.9. The molecule has 4 aromatic rings. The number of benzene rings is 2. The maximum absolute atomic E-state index is 12.2. The van der Waals surface area contributed by atoms with Gasteiger partial charge in [-0.15, -0.1) is 0 Å². The summed E-state index contributed by atoms with van der Waals surface area (Å²) in [5, 5.41) is 57.7. The molecule has 0 radical (unpaired) electrons. The van der Waals surface area contributed by atoms with Gasteiger partial charge in [0.15, 0.2) is 11.5 Å². The zero-order valence-corrected chi connectivity index (χ0v) is 21.9. The van der Waals surface area contributed by atoms with Crippen LogP contribution >= 0.6 is 0 Å². The Kier molecular flexibility index (Phi) is 8.09. The van der Waals surface area contributed by atoms with Gasteiger partial charge in [-0.1, -0.05) is 42.5 Å². The van der Waals surface area contributed by atoms with Gasteiger partial charge in [-0.3, -0.25) is 0 Å². The van der Waals surface area contributed by atoms with Gasteiger partial charge in [-0.25, -0.2) is 24.1 Å². The average Bonchev–Trinajstić information content (AvgIpc) is 3.55. The summed E-state index contributed by atoms with van der Waals surface area (Å²) in [5.41, 5.74) is -0.478. The molecular weight excluding hydrogens is 548 g/mol. The van der Waals surface area contributed by atoms with Gasteiger partial charge in [-0.05, 0) is 23.3 Å². The highest BCUT2D eigenvalue weighted by molar-refractivity contribution is 6.02. The van der Waals surface area contributed by atoms with Crippen molar-refractivity contribution in [3.63, 3.8) is 0 Å². The lowest BCUT2D eigenvalue weighted by Gasteiger charge is -2.27. The number of aliphatic hydroxyl groups is 2. The molecule has 1 fully saturated rings. The molecule has 1 aliphatic heterocycles. The first kappa shape index (κ1) is 28.6. The van der Waals surface area contributed by atoms with Crippen LogP contribution in [0.25, 0.3) is 5.65 Å². The Bertz CT molecular complexity index is 1610. The second-order valence-corrected chi connectivity index (χ2v) is 9.68. The largest absolute Gasteiger partial charge is 0.479 e. The molecule has 3 heterocycles. The van der Waals surface area contributed by atoms with Crippen molar-refractivity contribution in [1.29, 1.82) is 5.26 Å². The fourth-order valence-electron chi connectivity index (χ4n) is 4.69. The van der Waals surface area contributed by atoms with Crippen molar-refractivity contribution in [3.8, 4) is 6.07 Å². The number of nitriles is 1. The zero-order chi connectivity index (χ0) is 29.9. The van der Waals surface area contributed by atoms with Gasteiger partial charge in [-0.2, -0.15) is 10.4 Å².